The van der Waals surface area contributed by atoms with E-state index in [4.69, 9.17) is 5.11 Å². The second-order valence-corrected chi connectivity index (χ2v) is 3.71. The number of hydrogen-bond acceptors (Lipinski definition) is 4. The summed E-state index contributed by atoms with van der Waals surface area (Å²) < 4.78 is 0. The first kappa shape index (κ1) is 10.0. The maximum atomic E-state index is 11.3. The Hall–Kier alpha value is -1.04. The van der Waals surface area contributed by atoms with Crippen LogP contribution in [0.1, 0.15) is 13.3 Å². The van der Waals surface area contributed by atoms with Crippen molar-refractivity contribution in [2.45, 2.75) is 18.6 Å². The lowest BCUT2D eigenvalue weighted by molar-refractivity contribution is -0.139. The van der Waals surface area contributed by atoms with Gasteiger partial charge in [0, 0.05) is 6.54 Å². The highest BCUT2D eigenvalue weighted by Gasteiger charge is 2.39. The van der Waals surface area contributed by atoms with E-state index in [1.807, 2.05) is 0 Å². The van der Waals surface area contributed by atoms with Gasteiger partial charge in [0.15, 0.2) is 0 Å². The number of hydrogen-bond donors (Lipinski definition) is 1. The van der Waals surface area contributed by atoms with E-state index in [0.717, 1.165) is 16.7 Å². The molecule has 1 aliphatic rings. The predicted octanol–water partition coefficient (Wildman–Crippen LogP) is 0.545. The van der Waals surface area contributed by atoms with Gasteiger partial charge in [0.05, 0.1) is 6.42 Å². The molecular formula is C7H9NO4S. The van der Waals surface area contributed by atoms with E-state index in [9.17, 15) is 14.4 Å². The van der Waals surface area contributed by atoms with E-state index < -0.39 is 11.2 Å². The van der Waals surface area contributed by atoms with Crippen molar-refractivity contribution in [3.8, 4) is 0 Å². The zero-order valence-electron chi connectivity index (χ0n) is 7.02. The van der Waals surface area contributed by atoms with Crippen molar-refractivity contribution in [3.63, 3.8) is 0 Å². The lowest BCUT2D eigenvalue weighted by Crippen LogP contribution is -2.31. The van der Waals surface area contributed by atoms with Crippen LogP contribution in [-0.4, -0.2) is 38.9 Å². The molecule has 0 aliphatic carbocycles. The molecule has 2 amide bonds. The summed E-state index contributed by atoms with van der Waals surface area (Å²) in [6.45, 7) is 1.99. The summed E-state index contributed by atoms with van der Waals surface area (Å²) in [6, 6.07) is 0. The van der Waals surface area contributed by atoms with Crippen LogP contribution in [0, 0.1) is 0 Å². The summed E-state index contributed by atoms with van der Waals surface area (Å²) in [4.78, 5) is 33.8. The van der Waals surface area contributed by atoms with Crippen molar-refractivity contribution >= 4 is 28.9 Å². The Morgan fingerprint density at radius 3 is 2.62 bits per heavy atom. The molecule has 1 heterocycles. The molecule has 1 atom stereocenters. The summed E-state index contributed by atoms with van der Waals surface area (Å²) >= 11 is 0.791. The van der Waals surface area contributed by atoms with Crippen molar-refractivity contribution in [2.24, 2.45) is 0 Å². The predicted molar refractivity (Wildman–Crippen MR) is 46.4 cm³/mol. The van der Waals surface area contributed by atoms with Gasteiger partial charge in [-0.2, -0.15) is 0 Å². The fourth-order valence-corrected chi connectivity index (χ4v) is 2.12. The molecule has 13 heavy (non-hydrogen) atoms. The monoisotopic (exact) mass is 203 g/mol. The molecule has 0 aromatic carbocycles. The second kappa shape index (κ2) is 3.78. The molecule has 0 aromatic rings. The topological polar surface area (TPSA) is 74.7 Å². The number of carboxylic acid groups (broad SMARTS) is 1. The Kier molecular flexibility index (Phi) is 2.92. The lowest BCUT2D eigenvalue weighted by Gasteiger charge is -2.08. The zero-order valence-corrected chi connectivity index (χ0v) is 7.84. The van der Waals surface area contributed by atoms with Gasteiger partial charge in [-0.25, -0.2) is 0 Å². The molecule has 0 radical (unpaired) electrons. The Morgan fingerprint density at radius 1 is 1.62 bits per heavy atom. The third kappa shape index (κ3) is 2.00. The number of thioether (sulfide) groups is 1. The molecule has 0 bridgehead atoms. The first-order valence-corrected chi connectivity index (χ1v) is 4.68. The summed E-state index contributed by atoms with van der Waals surface area (Å²) in [5, 5.41) is 7.36. The normalized spacial score (nSPS) is 22.5. The van der Waals surface area contributed by atoms with Gasteiger partial charge in [-0.05, 0) is 6.92 Å². The van der Waals surface area contributed by atoms with Crippen LogP contribution < -0.4 is 0 Å². The average molecular weight is 203 g/mol. The molecule has 0 aromatic heterocycles. The summed E-state index contributed by atoms with van der Waals surface area (Å²) in [5.74, 6) is -1.45. The van der Waals surface area contributed by atoms with Gasteiger partial charge in [-0.3, -0.25) is 19.3 Å². The number of aliphatic carboxylic acids is 1. The van der Waals surface area contributed by atoms with Crippen molar-refractivity contribution in [2.75, 3.05) is 6.54 Å². The van der Waals surface area contributed by atoms with Gasteiger partial charge < -0.3 is 5.11 Å². The largest absolute Gasteiger partial charge is 0.481 e. The molecule has 1 fully saturated rings. The Bertz CT molecular complexity index is 265. The molecule has 1 rings (SSSR count). The zero-order chi connectivity index (χ0) is 10.0. The van der Waals surface area contributed by atoms with Crippen LogP contribution in [0.4, 0.5) is 4.79 Å². The summed E-state index contributed by atoms with van der Waals surface area (Å²) in [7, 11) is 0. The number of carboxylic acids is 1. The third-order valence-corrected chi connectivity index (χ3v) is 2.76. The summed E-state index contributed by atoms with van der Waals surface area (Å²) in [6.07, 6.45) is -0.286. The van der Waals surface area contributed by atoms with Crippen LogP contribution in [0.2, 0.25) is 0 Å². The van der Waals surface area contributed by atoms with Gasteiger partial charge in [-0.1, -0.05) is 11.8 Å². The van der Waals surface area contributed by atoms with Crippen LogP contribution in [0.15, 0.2) is 0 Å². The van der Waals surface area contributed by atoms with Gasteiger partial charge in [0.2, 0.25) is 5.91 Å². The van der Waals surface area contributed by atoms with Gasteiger partial charge in [-0.15, -0.1) is 0 Å². The van der Waals surface area contributed by atoms with E-state index in [1.54, 1.807) is 6.92 Å². The smallest absolute Gasteiger partial charge is 0.305 e. The second-order valence-electron chi connectivity index (χ2n) is 2.55. The Labute approximate surface area is 79.1 Å². The van der Waals surface area contributed by atoms with Gasteiger partial charge >= 0.3 is 5.97 Å². The van der Waals surface area contributed by atoms with E-state index in [-0.39, 0.29) is 17.6 Å². The van der Waals surface area contributed by atoms with Crippen molar-refractivity contribution < 1.29 is 19.5 Å². The molecule has 0 spiro atoms. The minimum absolute atomic E-state index is 0.286. The molecule has 0 unspecified atom stereocenters. The van der Waals surface area contributed by atoms with E-state index >= 15 is 0 Å². The molecule has 0 saturated carbocycles. The quantitative estimate of drug-likeness (QED) is 0.724. The molecule has 72 valence electrons. The number of imide groups is 1. The van der Waals surface area contributed by atoms with Gasteiger partial charge in [0.1, 0.15) is 5.25 Å². The number of carbonyl (C=O) groups is 3. The third-order valence-electron chi connectivity index (χ3n) is 1.68. The van der Waals surface area contributed by atoms with Crippen LogP contribution >= 0.6 is 11.8 Å². The average Bonchev–Trinajstić information content (AvgIpc) is 2.26. The first-order valence-electron chi connectivity index (χ1n) is 3.80. The minimum atomic E-state index is -1.06. The van der Waals surface area contributed by atoms with Crippen molar-refractivity contribution in [3.05, 3.63) is 0 Å². The number of nitrogens with zero attached hydrogens (tertiary/aromatic N) is 1. The van der Waals surface area contributed by atoms with Gasteiger partial charge in [0.25, 0.3) is 5.24 Å². The van der Waals surface area contributed by atoms with E-state index in [1.165, 1.54) is 0 Å². The number of carbonyl (C=O) groups excluding carboxylic acids is 2. The fraction of sp³-hybridized carbons (Fsp3) is 0.571. The molecule has 1 N–H and O–H groups in total. The highest BCUT2D eigenvalue weighted by molar-refractivity contribution is 8.15. The SMILES string of the molecule is CCN1C(=O)S[C@@H](CC(=O)O)C1=O. The fourth-order valence-electron chi connectivity index (χ4n) is 1.07. The summed E-state index contributed by atoms with van der Waals surface area (Å²) in [5.41, 5.74) is 0. The highest BCUT2D eigenvalue weighted by Crippen LogP contribution is 2.28. The molecule has 1 aliphatic heterocycles. The van der Waals surface area contributed by atoms with Crippen LogP contribution in [-0.2, 0) is 9.59 Å². The van der Waals surface area contributed by atoms with Crippen LogP contribution in [0.25, 0.3) is 0 Å². The molecule has 6 heteroatoms. The van der Waals surface area contributed by atoms with Crippen molar-refractivity contribution in [1.29, 1.82) is 0 Å². The maximum Gasteiger partial charge on any atom is 0.305 e. The van der Waals surface area contributed by atoms with E-state index in [2.05, 4.69) is 0 Å². The van der Waals surface area contributed by atoms with Crippen LogP contribution in [0.5, 0.6) is 0 Å². The Morgan fingerprint density at radius 2 is 2.23 bits per heavy atom. The number of amides is 2. The minimum Gasteiger partial charge on any atom is -0.481 e. The molecule has 1 saturated heterocycles. The van der Waals surface area contributed by atoms with E-state index in [0.29, 0.717) is 6.54 Å². The van der Waals surface area contributed by atoms with Crippen LogP contribution in [0.3, 0.4) is 0 Å². The maximum absolute atomic E-state index is 11.3. The molecular weight excluding hydrogens is 194 g/mol. The highest BCUT2D eigenvalue weighted by atomic mass is 32.2. The Balaban J connectivity index is 2.67. The first-order chi connectivity index (χ1) is 6.06. The standard InChI is InChI=1S/C7H9NO4S/c1-2-8-6(11)4(3-5(9)10)13-7(8)12/h4H,2-3H2,1H3,(H,9,10)/t4-/m0/s1. The number of rotatable bonds is 3. The van der Waals surface area contributed by atoms with Crippen molar-refractivity contribution in [1.82, 2.24) is 4.90 Å². The lowest BCUT2D eigenvalue weighted by atomic mass is 10.3. The molecule has 5 nitrogen and oxygen atoms in total.